The number of carbonyl (C=O) groups excluding carboxylic acids is 1. The summed E-state index contributed by atoms with van der Waals surface area (Å²) in [6, 6.07) is 18.6. The van der Waals surface area contributed by atoms with E-state index in [0.717, 1.165) is 22.4 Å². The van der Waals surface area contributed by atoms with Crippen LogP contribution >= 0.6 is 23.2 Å². The lowest BCUT2D eigenvalue weighted by atomic mass is 10.1. The van der Waals surface area contributed by atoms with Crippen LogP contribution in [0.15, 0.2) is 60.7 Å². The maximum absolute atomic E-state index is 13.0. The molecule has 0 unspecified atom stereocenters. The van der Waals surface area contributed by atoms with E-state index in [-0.39, 0.29) is 5.82 Å². The van der Waals surface area contributed by atoms with Crippen molar-refractivity contribution < 1.29 is 4.79 Å². The predicted octanol–water partition coefficient (Wildman–Crippen LogP) is 6.42. The molecule has 1 aromatic heterocycles. The molecule has 156 valence electrons. The highest BCUT2D eigenvalue weighted by Gasteiger charge is 2.20. The third-order valence-corrected chi connectivity index (χ3v) is 5.58. The third kappa shape index (κ3) is 4.48. The van der Waals surface area contributed by atoms with E-state index in [4.69, 9.17) is 23.2 Å². The zero-order chi connectivity index (χ0) is 22.1. The van der Waals surface area contributed by atoms with Gasteiger partial charge in [0.1, 0.15) is 0 Å². The van der Waals surface area contributed by atoms with Crippen LogP contribution in [-0.2, 0) is 0 Å². The predicted molar refractivity (Wildman–Crippen MR) is 125 cm³/mol. The van der Waals surface area contributed by atoms with E-state index in [9.17, 15) is 4.79 Å². The van der Waals surface area contributed by atoms with Crippen LogP contribution in [0.2, 0.25) is 10.0 Å². The molecular weight excluding hydrogens is 431 g/mol. The Morgan fingerprint density at radius 2 is 1.52 bits per heavy atom. The number of hydrogen-bond donors (Lipinski definition) is 1. The lowest BCUT2D eigenvalue weighted by Gasteiger charge is -2.08. The minimum Gasteiger partial charge on any atom is -0.319 e. The van der Waals surface area contributed by atoms with Gasteiger partial charge in [0.15, 0.2) is 5.82 Å². The average molecular weight is 451 g/mol. The van der Waals surface area contributed by atoms with Crippen molar-refractivity contribution in [3.8, 4) is 17.1 Å². The molecule has 1 heterocycles. The molecule has 4 aromatic rings. The van der Waals surface area contributed by atoms with E-state index in [1.165, 1.54) is 5.56 Å². The highest BCUT2D eigenvalue weighted by Crippen LogP contribution is 2.25. The summed E-state index contributed by atoms with van der Waals surface area (Å²) in [5, 5.41) is 8.54. The second-order valence-corrected chi connectivity index (χ2v) is 8.23. The minimum absolute atomic E-state index is 0.0579. The molecule has 0 aliphatic carbocycles. The van der Waals surface area contributed by atoms with Gasteiger partial charge in [-0.3, -0.25) is 4.79 Å². The van der Waals surface area contributed by atoms with Gasteiger partial charge in [0.2, 0.25) is 5.82 Å². The second kappa shape index (κ2) is 8.53. The van der Waals surface area contributed by atoms with Crippen molar-refractivity contribution in [1.29, 1.82) is 0 Å². The number of aromatic nitrogens is 3. The Balaban J connectivity index is 1.78. The van der Waals surface area contributed by atoms with Crippen LogP contribution in [0.1, 0.15) is 27.3 Å². The van der Waals surface area contributed by atoms with Gasteiger partial charge in [0.25, 0.3) is 5.91 Å². The topological polar surface area (TPSA) is 59.8 Å². The standard InChI is InChI=1S/C24H20Cl2N4O/c1-14-5-11-20(12-16(14)3)30-23(17-6-9-18(25)10-7-17)28-22(29-30)24(31)27-21-13-19(26)8-4-15(21)2/h4-13H,1-3H3,(H,27,31). The van der Waals surface area contributed by atoms with Crippen LogP contribution in [0.3, 0.4) is 0 Å². The first-order valence-electron chi connectivity index (χ1n) is 9.70. The summed E-state index contributed by atoms with van der Waals surface area (Å²) in [6.45, 7) is 5.98. The number of aryl methyl sites for hydroxylation is 3. The first-order chi connectivity index (χ1) is 14.8. The fourth-order valence-electron chi connectivity index (χ4n) is 3.14. The van der Waals surface area contributed by atoms with Gasteiger partial charge in [-0.25, -0.2) is 9.67 Å². The number of halogens is 2. The van der Waals surface area contributed by atoms with Gasteiger partial charge >= 0.3 is 0 Å². The summed E-state index contributed by atoms with van der Waals surface area (Å²) in [6.07, 6.45) is 0. The van der Waals surface area contributed by atoms with Gasteiger partial charge in [0, 0.05) is 21.3 Å². The van der Waals surface area contributed by atoms with Crippen molar-refractivity contribution in [2.45, 2.75) is 20.8 Å². The van der Waals surface area contributed by atoms with Crippen LogP contribution < -0.4 is 5.32 Å². The maximum atomic E-state index is 13.0. The van der Waals surface area contributed by atoms with E-state index in [1.54, 1.807) is 28.9 Å². The smallest absolute Gasteiger partial charge is 0.295 e. The third-order valence-electron chi connectivity index (χ3n) is 5.10. The van der Waals surface area contributed by atoms with Crippen LogP contribution in [-0.4, -0.2) is 20.7 Å². The minimum atomic E-state index is -0.414. The van der Waals surface area contributed by atoms with Gasteiger partial charge in [-0.2, -0.15) is 0 Å². The highest BCUT2D eigenvalue weighted by atomic mass is 35.5. The summed E-state index contributed by atoms with van der Waals surface area (Å²) in [4.78, 5) is 17.5. The molecule has 0 saturated carbocycles. The molecule has 7 heteroatoms. The Labute approximate surface area is 190 Å². The Hall–Kier alpha value is -3.15. The van der Waals surface area contributed by atoms with Gasteiger partial charge in [-0.15, -0.1) is 5.10 Å². The van der Waals surface area contributed by atoms with Gasteiger partial charge in [0.05, 0.1) is 5.69 Å². The Morgan fingerprint density at radius 1 is 0.839 bits per heavy atom. The Kier molecular flexibility index (Phi) is 5.81. The number of nitrogens with zero attached hydrogens (tertiary/aromatic N) is 3. The molecule has 4 rings (SSSR count). The molecule has 1 amide bonds. The van der Waals surface area contributed by atoms with Gasteiger partial charge in [-0.1, -0.05) is 35.3 Å². The second-order valence-electron chi connectivity index (χ2n) is 7.36. The van der Waals surface area contributed by atoms with E-state index in [2.05, 4.69) is 15.4 Å². The Morgan fingerprint density at radius 3 is 2.23 bits per heavy atom. The van der Waals surface area contributed by atoms with Crippen LogP contribution in [0.25, 0.3) is 17.1 Å². The molecule has 5 nitrogen and oxygen atoms in total. The highest BCUT2D eigenvalue weighted by molar-refractivity contribution is 6.31. The molecule has 0 bridgehead atoms. The molecule has 0 fully saturated rings. The largest absolute Gasteiger partial charge is 0.319 e. The van der Waals surface area contributed by atoms with E-state index in [0.29, 0.717) is 21.6 Å². The van der Waals surface area contributed by atoms with Crippen LogP contribution in [0, 0.1) is 20.8 Å². The summed E-state index contributed by atoms with van der Waals surface area (Å²) in [5.41, 5.74) is 5.42. The average Bonchev–Trinajstić information content (AvgIpc) is 3.19. The van der Waals surface area contributed by atoms with Crippen molar-refractivity contribution in [1.82, 2.24) is 14.8 Å². The normalized spacial score (nSPS) is 10.9. The molecule has 0 spiro atoms. The van der Waals surface area contributed by atoms with Crippen LogP contribution in [0.5, 0.6) is 0 Å². The summed E-state index contributed by atoms with van der Waals surface area (Å²) in [7, 11) is 0. The van der Waals surface area contributed by atoms with Crippen molar-refractivity contribution in [3.05, 3.63) is 93.2 Å². The summed E-state index contributed by atoms with van der Waals surface area (Å²) >= 11 is 12.1. The molecule has 1 N–H and O–H groups in total. The van der Waals surface area contributed by atoms with Crippen molar-refractivity contribution >= 4 is 34.8 Å². The molecule has 0 aliphatic rings. The molecule has 31 heavy (non-hydrogen) atoms. The number of nitrogens with one attached hydrogen (secondary N) is 1. The molecule has 3 aromatic carbocycles. The zero-order valence-corrected chi connectivity index (χ0v) is 18.8. The van der Waals surface area contributed by atoms with E-state index >= 15 is 0 Å². The van der Waals surface area contributed by atoms with E-state index < -0.39 is 5.91 Å². The summed E-state index contributed by atoms with van der Waals surface area (Å²) in [5.74, 6) is 0.193. The first-order valence-corrected chi connectivity index (χ1v) is 10.5. The number of rotatable bonds is 4. The van der Waals surface area contributed by atoms with Crippen molar-refractivity contribution in [2.24, 2.45) is 0 Å². The fourth-order valence-corrected chi connectivity index (χ4v) is 3.44. The SMILES string of the molecule is Cc1ccc(-n2nc(C(=O)Nc3cc(Cl)ccc3C)nc2-c2ccc(Cl)cc2)cc1C. The van der Waals surface area contributed by atoms with Crippen molar-refractivity contribution in [3.63, 3.8) is 0 Å². The molecule has 0 atom stereocenters. The molecular formula is C24H20Cl2N4O. The lowest BCUT2D eigenvalue weighted by molar-refractivity contribution is 0.101. The van der Waals surface area contributed by atoms with Crippen molar-refractivity contribution in [2.75, 3.05) is 5.32 Å². The number of hydrogen-bond acceptors (Lipinski definition) is 3. The maximum Gasteiger partial charge on any atom is 0.295 e. The molecule has 0 radical (unpaired) electrons. The molecule has 0 aliphatic heterocycles. The number of amides is 1. The summed E-state index contributed by atoms with van der Waals surface area (Å²) < 4.78 is 1.68. The number of benzene rings is 3. The van der Waals surface area contributed by atoms with Gasteiger partial charge in [-0.05, 0) is 86.0 Å². The van der Waals surface area contributed by atoms with Crippen LogP contribution in [0.4, 0.5) is 5.69 Å². The first kappa shape index (κ1) is 21.1. The number of carbonyl (C=O) groups is 1. The lowest BCUT2D eigenvalue weighted by Crippen LogP contribution is -2.15. The monoisotopic (exact) mass is 450 g/mol. The number of anilines is 1. The van der Waals surface area contributed by atoms with E-state index in [1.807, 2.05) is 57.2 Å². The van der Waals surface area contributed by atoms with Gasteiger partial charge < -0.3 is 5.32 Å². The Bertz CT molecular complexity index is 1280. The quantitative estimate of drug-likeness (QED) is 0.390. The molecule has 0 saturated heterocycles. The zero-order valence-electron chi connectivity index (χ0n) is 17.3. The fraction of sp³-hybridized carbons (Fsp3) is 0.125.